The van der Waals surface area contributed by atoms with Gasteiger partial charge in [0.05, 0.1) is 23.3 Å². The largest absolute Gasteiger partial charge is 0.264 e. The molecular weight excluding hydrogens is 258 g/mol. The molecule has 2 aromatic rings. The number of benzene rings is 1. The fourth-order valence-corrected chi connectivity index (χ4v) is 1.87. The van der Waals surface area contributed by atoms with Crippen molar-refractivity contribution in [2.24, 2.45) is 0 Å². The Hall–Kier alpha value is -2.62. The van der Waals surface area contributed by atoms with Crippen LogP contribution in [0.15, 0.2) is 42.7 Å². The van der Waals surface area contributed by atoms with Crippen molar-refractivity contribution in [3.8, 4) is 12.1 Å². The number of halogens is 1. The maximum Gasteiger partial charge on any atom is 0.0998 e. The van der Waals surface area contributed by atoms with Crippen molar-refractivity contribution in [2.45, 2.75) is 0 Å². The maximum absolute atomic E-state index is 9.19. The van der Waals surface area contributed by atoms with Gasteiger partial charge in [-0.25, -0.2) is 0 Å². The fourth-order valence-electron chi connectivity index (χ4n) is 1.63. The van der Waals surface area contributed by atoms with Crippen LogP contribution < -0.4 is 0 Å². The Balaban J connectivity index is 2.48. The standard InChI is InChI=1S/C15H8ClN3/c16-15-6-11(4-12(7-15)8-17)5-14(9-18)13-2-1-3-19-10-13/h1-7,10H/b14-5-. The Kier molecular flexibility index (Phi) is 3.93. The molecule has 90 valence electrons. The van der Waals surface area contributed by atoms with Crippen LogP contribution in [0, 0.1) is 22.7 Å². The van der Waals surface area contributed by atoms with E-state index in [9.17, 15) is 5.26 Å². The van der Waals surface area contributed by atoms with Crippen LogP contribution in [0.2, 0.25) is 5.02 Å². The molecule has 0 aliphatic rings. The average Bonchev–Trinajstić information content (AvgIpc) is 2.45. The number of aromatic nitrogens is 1. The van der Waals surface area contributed by atoms with E-state index in [-0.39, 0.29) is 0 Å². The minimum absolute atomic E-state index is 0.460. The summed E-state index contributed by atoms with van der Waals surface area (Å²) in [5.41, 5.74) is 2.37. The zero-order chi connectivity index (χ0) is 13.7. The summed E-state index contributed by atoms with van der Waals surface area (Å²) in [7, 11) is 0. The molecule has 0 amide bonds. The van der Waals surface area contributed by atoms with Crippen molar-refractivity contribution in [2.75, 3.05) is 0 Å². The van der Waals surface area contributed by atoms with E-state index in [1.54, 1.807) is 48.8 Å². The molecule has 1 heterocycles. The lowest BCUT2D eigenvalue weighted by Crippen LogP contribution is -1.84. The molecule has 0 bridgehead atoms. The van der Waals surface area contributed by atoms with Gasteiger partial charge in [-0.3, -0.25) is 4.98 Å². The van der Waals surface area contributed by atoms with Crippen molar-refractivity contribution < 1.29 is 0 Å². The number of nitriles is 2. The second-order valence-corrected chi connectivity index (χ2v) is 4.23. The molecule has 4 heteroatoms. The van der Waals surface area contributed by atoms with Crippen LogP contribution in [-0.4, -0.2) is 4.98 Å². The third-order valence-electron chi connectivity index (χ3n) is 2.45. The van der Waals surface area contributed by atoms with Crippen molar-refractivity contribution in [1.29, 1.82) is 10.5 Å². The smallest absolute Gasteiger partial charge is 0.0998 e. The molecule has 0 N–H and O–H groups in total. The highest BCUT2D eigenvalue weighted by atomic mass is 35.5. The van der Waals surface area contributed by atoms with Crippen LogP contribution in [0.5, 0.6) is 0 Å². The average molecular weight is 266 g/mol. The Bertz CT molecular complexity index is 706. The molecule has 0 saturated carbocycles. The Labute approximate surface area is 116 Å². The second kappa shape index (κ2) is 5.82. The van der Waals surface area contributed by atoms with Gasteiger partial charge in [-0.1, -0.05) is 17.7 Å². The van der Waals surface area contributed by atoms with E-state index in [1.807, 2.05) is 6.07 Å². The summed E-state index contributed by atoms with van der Waals surface area (Å²) in [5.74, 6) is 0. The SMILES string of the molecule is N#C/C(=C/c1cc(Cl)cc(C#N)c1)c1cccnc1. The fraction of sp³-hybridized carbons (Fsp3) is 0. The summed E-state index contributed by atoms with van der Waals surface area (Å²) in [6.07, 6.45) is 4.94. The molecule has 19 heavy (non-hydrogen) atoms. The molecule has 0 fully saturated rings. The Morgan fingerprint density at radius 1 is 1.26 bits per heavy atom. The van der Waals surface area contributed by atoms with E-state index in [1.165, 1.54) is 0 Å². The molecule has 0 saturated heterocycles. The van der Waals surface area contributed by atoms with E-state index in [0.29, 0.717) is 21.7 Å². The summed E-state index contributed by atoms with van der Waals surface area (Å²) in [5, 5.41) is 18.5. The highest BCUT2D eigenvalue weighted by Crippen LogP contribution is 2.20. The number of nitrogens with zero attached hydrogens (tertiary/aromatic N) is 3. The lowest BCUT2D eigenvalue weighted by molar-refractivity contribution is 1.31. The van der Waals surface area contributed by atoms with Gasteiger partial charge in [-0.2, -0.15) is 10.5 Å². The van der Waals surface area contributed by atoms with Gasteiger partial charge in [-0.15, -0.1) is 0 Å². The van der Waals surface area contributed by atoms with Gasteiger partial charge in [0.2, 0.25) is 0 Å². The minimum Gasteiger partial charge on any atom is -0.264 e. The molecule has 3 nitrogen and oxygen atoms in total. The van der Waals surface area contributed by atoms with Gasteiger partial charge >= 0.3 is 0 Å². The lowest BCUT2D eigenvalue weighted by Gasteiger charge is -2.00. The third-order valence-corrected chi connectivity index (χ3v) is 2.67. The van der Waals surface area contributed by atoms with Crippen LogP contribution in [-0.2, 0) is 0 Å². The molecule has 0 spiro atoms. The van der Waals surface area contributed by atoms with Gasteiger partial charge in [0.1, 0.15) is 0 Å². The highest BCUT2D eigenvalue weighted by Gasteiger charge is 2.02. The van der Waals surface area contributed by atoms with E-state index in [0.717, 1.165) is 5.56 Å². The van der Waals surface area contributed by atoms with Crippen LogP contribution >= 0.6 is 11.6 Å². The quantitative estimate of drug-likeness (QED) is 0.779. The summed E-state index contributed by atoms with van der Waals surface area (Å²) in [6, 6.07) is 12.7. The highest BCUT2D eigenvalue weighted by molar-refractivity contribution is 6.30. The maximum atomic E-state index is 9.19. The Morgan fingerprint density at radius 2 is 2.11 bits per heavy atom. The van der Waals surface area contributed by atoms with Crippen molar-refractivity contribution in [3.05, 3.63) is 64.4 Å². The second-order valence-electron chi connectivity index (χ2n) is 3.80. The van der Waals surface area contributed by atoms with Crippen LogP contribution in [0.4, 0.5) is 0 Å². The zero-order valence-electron chi connectivity index (χ0n) is 9.84. The van der Waals surface area contributed by atoms with E-state index < -0.39 is 0 Å². The monoisotopic (exact) mass is 265 g/mol. The van der Waals surface area contributed by atoms with Crippen LogP contribution in [0.25, 0.3) is 11.6 Å². The minimum atomic E-state index is 0.460. The van der Waals surface area contributed by atoms with E-state index in [4.69, 9.17) is 16.9 Å². The first kappa shape index (κ1) is 12.8. The summed E-state index contributed by atoms with van der Waals surface area (Å²) in [4.78, 5) is 3.98. The number of pyridine rings is 1. The molecule has 0 aliphatic heterocycles. The normalized spacial score (nSPS) is 10.6. The first-order valence-corrected chi connectivity index (χ1v) is 5.83. The van der Waals surface area contributed by atoms with Crippen molar-refractivity contribution >= 4 is 23.3 Å². The van der Waals surface area contributed by atoms with Crippen molar-refractivity contribution in [3.63, 3.8) is 0 Å². The molecule has 1 aromatic carbocycles. The summed E-state index contributed by atoms with van der Waals surface area (Å²) < 4.78 is 0. The number of allylic oxidation sites excluding steroid dienone is 1. The molecular formula is C15H8ClN3. The number of hydrogen-bond acceptors (Lipinski definition) is 3. The van der Waals surface area contributed by atoms with Crippen molar-refractivity contribution in [1.82, 2.24) is 4.98 Å². The number of rotatable bonds is 2. The van der Waals surface area contributed by atoms with Gasteiger partial charge in [0, 0.05) is 23.0 Å². The lowest BCUT2D eigenvalue weighted by atomic mass is 10.0. The van der Waals surface area contributed by atoms with E-state index >= 15 is 0 Å². The predicted molar refractivity (Wildman–Crippen MR) is 73.9 cm³/mol. The molecule has 1 aromatic heterocycles. The topological polar surface area (TPSA) is 60.5 Å². The van der Waals surface area contributed by atoms with Crippen LogP contribution in [0.1, 0.15) is 16.7 Å². The molecule has 0 radical (unpaired) electrons. The predicted octanol–water partition coefficient (Wildman–Crippen LogP) is 3.67. The van der Waals surface area contributed by atoms with Gasteiger partial charge in [0.25, 0.3) is 0 Å². The first-order chi connectivity index (χ1) is 9.22. The van der Waals surface area contributed by atoms with Gasteiger partial charge in [0.15, 0.2) is 0 Å². The molecule has 2 rings (SSSR count). The van der Waals surface area contributed by atoms with Gasteiger partial charge in [-0.05, 0) is 35.9 Å². The van der Waals surface area contributed by atoms with Crippen LogP contribution in [0.3, 0.4) is 0 Å². The number of hydrogen-bond donors (Lipinski definition) is 0. The Morgan fingerprint density at radius 3 is 2.74 bits per heavy atom. The summed E-state index contributed by atoms with van der Waals surface area (Å²) in [6.45, 7) is 0. The zero-order valence-corrected chi connectivity index (χ0v) is 10.6. The third kappa shape index (κ3) is 3.19. The summed E-state index contributed by atoms with van der Waals surface area (Å²) >= 11 is 5.93. The van der Waals surface area contributed by atoms with E-state index in [2.05, 4.69) is 11.1 Å². The molecule has 0 unspecified atom stereocenters. The van der Waals surface area contributed by atoms with Gasteiger partial charge < -0.3 is 0 Å². The first-order valence-electron chi connectivity index (χ1n) is 5.46. The molecule has 0 atom stereocenters. The molecule has 0 aliphatic carbocycles.